The molecule has 0 aliphatic carbocycles. The number of amides is 1. The summed E-state index contributed by atoms with van der Waals surface area (Å²) in [6.45, 7) is 7.98. The number of hydrogen-bond acceptors (Lipinski definition) is 3. The molecular weight excluding hydrogens is 264 g/mol. The Bertz CT molecular complexity index is 641. The second-order valence-corrected chi connectivity index (χ2v) is 5.87. The van der Waals surface area contributed by atoms with Crippen LogP contribution in [-0.4, -0.2) is 22.0 Å². The van der Waals surface area contributed by atoms with E-state index >= 15 is 0 Å². The lowest BCUT2D eigenvalue weighted by Gasteiger charge is -2.21. The SMILES string of the molecule is Cc1ncn(-c2ccc(NC(=O)C(C)(C)CN)cc2)c1C. The van der Waals surface area contributed by atoms with Crippen LogP contribution in [0.15, 0.2) is 30.6 Å². The maximum absolute atomic E-state index is 12.1. The smallest absolute Gasteiger partial charge is 0.231 e. The van der Waals surface area contributed by atoms with Crippen LogP contribution in [0.1, 0.15) is 25.2 Å². The Balaban J connectivity index is 2.17. The van der Waals surface area contributed by atoms with Gasteiger partial charge in [0, 0.05) is 23.6 Å². The van der Waals surface area contributed by atoms with Gasteiger partial charge in [-0.05, 0) is 52.0 Å². The minimum absolute atomic E-state index is 0.0765. The van der Waals surface area contributed by atoms with E-state index in [-0.39, 0.29) is 5.91 Å². The molecule has 0 atom stereocenters. The van der Waals surface area contributed by atoms with Crippen LogP contribution < -0.4 is 11.1 Å². The average molecular weight is 286 g/mol. The molecule has 0 spiro atoms. The van der Waals surface area contributed by atoms with Crippen molar-refractivity contribution in [1.29, 1.82) is 0 Å². The van der Waals surface area contributed by atoms with Crippen molar-refractivity contribution < 1.29 is 4.79 Å². The Labute approximate surface area is 125 Å². The number of aromatic nitrogens is 2. The van der Waals surface area contributed by atoms with Crippen molar-refractivity contribution in [2.24, 2.45) is 11.1 Å². The maximum Gasteiger partial charge on any atom is 0.231 e. The van der Waals surface area contributed by atoms with E-state index in [2.05, 4.69) is 10.3 Å². The van der Waals surface area contributed by atoms with Crippen LogP contribution in [0.5, 0.6) is 0 Å². The van der Waals surface area contributed by atoms with Gasteiger partial charge in [-0.15, -0.1) is 0 Å². The van der Waals surface area contributed by atoms with Gasteiger partial charge in [-0.2, -0.15) is 0 Å². The molecule has 5 nitrogen and oxygen atoms in total. The van der Waals surface area contributed by atoms with Crippen LogP contribution in [0.2, 0.25) is 0 Å². The molecule has 0 aliphatic rings. The molecule has 0 aliphatic heterocycles. The molecule has 1 amide bonds. The number of aryl methyl sites for hydroxylation is 1. The highest BCUT2D eigenvalue weighted by Gasteiger charge is 2.25. The Hall–Kier alpha value is -2.14. The van der Waals surface area contributed by atoms with E-state index in [0.29, 0.717) is 6.54 Å². The summed E-state index contributed by atoms with van der Waals surface area (Å²) in [6.07, 6.45) is 1.80. The van der Waals surface area contributed by atoms with Crippen molar-refractivity contribution >= 4 is 11.6 Å². The minimum atomic E-state index is -0.573. The van der Waals surface area contributed by atoms with Crippen LogP contribution in [0, 0.1) is 19.3 Å². The Morgan fingerprint density at radius 2 is 1.90 bits per heavy atom. The molecule has 0 unspecified atom stereocenters. The third-order valence-electron chi connectivity index (χ3n) is 3.78. The van der Waals surface area contributed by atoms with Crippen molar-refractivity contribution in [1.82, 2.24) is 9.55 Å². The fraction of sp³-hybridized carbons (Fsp3) is 0.375. The third-order valence-corrected chi connectivity index (χ3v) is 3.78. The van der Waals surface area contributed by atoms with Crippen LogP contribution in [0.25, 0.3) is 5.69 Å². The Kier molecular flexibility index (Phi) is 4.14. The molecule has 0 radical (unpaired) electrons. The predicted octanol–water partition coefficient (Wildman–Crippen LogP) is 2.41. The van der Waals surface area contributed by atoms with Crippen molar-refractivity contribution in [2.75, 3.05) is 11.9 Å². The lowest BCUT2D eigenvalue weighted by molar-refractivity contribution is -0.123. The van der Waals surface area contributed by atoms with E-state index in [9.17, 15) is 4.79 Å². The number of anilines is 1. The molecule has 3 N–H and O–H groups in total. The first-order valence-corrected chi connectivity index (χ1v) is 6.97. The molecule has 1 aromatic heterocycles. The molecule has 0 bridgehead atoms. The molecule has 2 rings (SSSR count). The topological polar surface area (TPSA) is 72.9 Å². The highest BCUT2D eigenvalue weighted by atomic mass is 16.2. The number of carbonyl (C=O) groups is 1. The summed E-state index contributed by atoms with van der Waals surface area (Å²) in [5, 5.41) is 2.89. The van der Waals surface area contributed by atoms with Crippen molar-refractivity contribution in [2.45, 2.75) is 27.7 Å². The first kappa shape index (κ1) is 15.3. The lowest BCUT2D eigenvalue weighted by Crippen LogP contribution is -2.37. The molecule has 2 aromatic rings. The summed E-state index contributed by atoms with van der Waals surface area (Å²) in [5.74, 6) is -0.0765. The summed E-state index contributed by atoms with van der Waals surface area (Å²) >= 11 is 0. The van der Waals surface area contributed by atoms with E-state index in [1.165, 1.54) is 0 Å². The molecule has 0 saturated heterocycles. The number of nitrogens with one attached hydrogen (secondary N) is 1. The average Bonchev–Trinajstić information content (AvgIpc) is 2.80. The van der Waals surface area contributed by atoms with E-state index in [1.807, 2.05) is 56.5 Å². The highest BCUT2D eigenvalue weighted by Crippen LogP contribution is 2.19. The number of nitrogens with zero attached hydrogens (tertiary/aromatic N) is 2. The molecular formula is C16H22N4O. The molecule has 112 valence electrons. The van der Waals surface area contributed by atoms with Crippen molar-refractivity contribution in [3.8, 4) is 5.69 Å². The van der Waals surface area contributed by atoms with Crippen molar-refractivity contribution in [3.05, 3.63) is 42.0 Å². The second-order valence-electron chi connectivity index (χ2n) is 5.87. The zero-order chi connectivity index (χ0) is 15.6. The normalized spacial score (nSPS) is 11.5. The monoisotopic (exact) mass is 286 g/mol. The van der Waals surface area contributed by atoms with E-state index in [0.717, 1.165) is 22.8 Å². The minimum Gasteiger partial charge on any atom is -0.329 e. The number of carbonyl (C=O) groups excluding carboxylic acids is 1. The highest BCUT2D eigenvalue weighted by molar-refractivity contribution is 5.95. The Morgan fingerprint density at radius 3 is 2.38 bits per heavy atom. The van der Waals surface area contributed by atoms with Gasteiger partial charge in [0.2, 0.25) is 5.91 Å². The number of rotatable bonds is 4. The number of nitrogens with two attached hydrogens (primary N) is 1. The fourth-order valence-electron chi connectivity index (χ4n) is 1.86. The van der Waals surface area contributed by atoms with E-state index in [1.54, 1.807) is 6.33 Å². The third kappa shape index (κ3) is 3.13. The first-order valence-electron chi connectivity index (χ1n) is 6.97. The standard InChI is InChI=1S/C16H22N4O/c1-11-12(2)20(10-18-11)14-7-5-13(6-8-14)19-15(21)16(3,4)9-17/h5-8,10H,9,17H2,1-4H3,(H,19,21). The first-order chi connectivity index (χ1) is 9.85. The lowest BCUT2D eigenvalue weighted by atomic mass is 9.92. The molecule has 1 heterocycles. The number of hydrogen-bond donors (Lipinski definition) is 2. The maximum atomic E-state index is 12.1. The summed E-state index contributed by atoms with van der Waals surface area (Å²) in [6, 6.07) is 7.68. The summed E-state index contributed by atoms with van der Waals surface area (Å²) in [4.78, 5) is 16.4. The number of benzene rings is 1. The van der Waals surface area contributed by atoms with Gasteiger partial charge in [0.1, 0.15) is 0 Å². The van der Waals surface area contributed by atoms with Gasteiger partial charge in [-0.25, -0.2) is 4.98 Å². The Morgan fingerprint density at radius 1 is 1.29 bits per heavy atom. The molecule has 1 aromatic carbocycles. The fourth-order valence-corrected chi connectivity index (χ4v) is 1.86. The van der Waals surface area contributed by atoms with Crippen molar-refractivity contribution in [3.63, 3.8) is 0 Å². The molecule has 0 saturated carbocycles. The summed E-state index contributed by atoms with van der Waals surface area (Å²) in [5.41, 5.74) is 8.94. The zero-order valence-electron chi connectivity index (χ0n) is 13.0. The molecule has 21 heavy (non-hydrogen) atoms. The predicted molar refractivity (Wildman–Crippen MR) is 84.5 cm³/mol. The van der Waals surface area contributed by atoms with E-state index < -0.39 is 5.41 Å². The van der Waals surface area contributed by atoms with Crippen LogP contribution >= 0.6 is 0 Å². The van der Waals surface area contributed by atoms with Gasteiger partial charge in [-0.1, -0.05) is 0 Å². The van der Waals surface area contributed by atoms with E-state index in [4.69, 9.17) is 5.73 Å². The van der Waals surface area contributed by atoms with Gasteiger partial charge < -0.3 is 15.6 Å². The molecule has 0 fully saturated rings. The number of imidazole rings is 1. The second kappa shape index (κ2) is 5.69. The quantitative estimate of drug-likeness (QED) is 0.906. The van der Waals surface area contributed by atoms with Gasteiger partial charge in [-0.3, -0.25) is 4.79 Å². The van der Waals surface area contributed by atoms with Crippen LogP contribution in [0.3, 0.4) is 0 Å². The van der Waals surface area contributed by atoms with Gasteiger partial charge in [0.25, 0.3) is 0 Å². The summed E-state index contributed by atoms with van der Waals surface area (Å²) < 4.78 is 2.02. The van der Waals surface area contributed by atoms with Gasteiger partial charge in [0.15, 0.2) is 0 Å². The molecule has 5 heteroatoms. The van der Waals surface area contributed by atoms with Gasteiger partial charge in [0.05, 0.1) is 17.4 Å². The summed E-state index contributed by atoms with van der Waals surface area (Å²) in [7, 11) is 0. The largest absolute Gasteiger partial charge is 0.329 e. The van der Waals surface area contributed by atoms with Crippen LogP contribution in [0.4, 0.5) is 5.69 Å². The van der Waals surface area contributed by atoms with Gasteiger partial charge >= 0.3 is 0 Å². The zero-order valence-corrected chi connectivity index (χ0v) is 13.0. The van der Waals surface area contributed by atoms with Crippen LogP contribution in [-0.2, 0) is 4.79 Å².